The molecule has 0 saturated heterocycles. The first-order valence-corrected chi connectivity index (χ1v) is 5.83. The van der Waals surface area contributed by atoms with Crippen molar-refractivity contribution >= 4 is 11.6 Å². The summed E-state index contributed by atoms with van der Waals surface area (Å²) in [6.07, 6.45) is -4.65. The summed E-state index contributed by atoms with van der Waals surface area (Å²) in [7, 11) is 0. The van der Waals surface area contributed by atoms with Crippen molar-refractivity contribution in [3.8, 4) is 6.07 Å². The third-order valence-electron chi connectivity index (χ3n) is 2.56. The quantitative estimate of drug-likeness (QED) is 0.908. The molecule has 0 spiro atoms. The molecule has 0 aliphatic rings. The Morgan fingerprint density at radius 2 is 1.86 bits per heavy atom. The minimum absolute atomic E-state index is 0.0146. The number of anilines is 2. The van der Waals surface area contributed by atoms with Gasteiger partial charge in [0.15, 0.2) is 0 Å². The first-order valence-electron chi connectivity index (χ1n) is 5.83. The fourth-order valence-electron chi connectivity index (χ4n) is 1.57. The molecule has 21 heavy (non-hydrogen) atoms. The van der Waals surface area contributed by atoms with Crippen LogP contribution in [0.4, 0.5) is 24.8 Å². The van der Waals surface area contributed by atoms with Gasteiger partial charge in [-0.25, -0.2) is 9.97 Å². The van der Waals surface area contributed by atoms with Gasteiger partial charge < -0.3 is 11.1 Å². The molecular formula is C13H10F3N5. The van der Waals surface area contributed by atoms with Crippen molar-refractivity contribution in [2.45, 2.75) is 12.7 Å². The van der Waals surface area contributed by atoms with Crippen LogP contribution >= 0.6 is 0 Å². The summed E-state index contributed by atoms with van der Waals surface area (Å²) in [5.74, 6) is -1.57. The van der Waals surface area contributed by atoms with E-state index in [-0.39, 0.29) is 18.2 Å². The Labute approximate surface area is 118 Å². The first-order chi connectivity index (χ1) is 9.88. The summed E-state index contributed by atoms with van der Waals surface area (Å²) in [4.78, 5) is 6.52. The molecule has 2 rings (SSSR count). The average Bonchev–Trinajstić information content (AvgIpc) is 2.44. The molecule has 0 amide bonds. The smallest absolute Gasteiger partial charge is 0.384 e. The normalized spacial score (nSPS) is 11.0. The fourth-order valence-corrected chi connectivity index (χ4v) is 1.57. The van der Waals surface area contributed by atoms with Crippen LogP contribution in [-0.2, 0) is 12.7 Å². The maximum Gasteiger partial charge on any atom is 0.451 e. The molecule has 3 N–H and O–H groups in total. The van der Waals surface area contributed by atoms with E-state index in [4.69, 9.17) is 11.0 Å². The van der Waals surface area contributed by atoms with Gasteiger partial charge in [0, 0.05) is 12.6 Å². The highest BCUT2D eigenvalue weighted by molar-refractivity contribution is 5.45. The third-order valence-corrected chi connectivity index (χ3v) is 2.56. The van der Waals surface area contributed by atoms with Gasteiger partial charge >= 0.3 is 6.18 Å². The molecule has 0 unspecified atom stereocenters. The van der Waals surface area contributed by atoms with Gasteiger partial charge in [0.25, 0.3) is 0 Å². The number of nitriles is 1. The van der Waals surface area contributed by atoms with Crippen LogP contribution in [0.15, 0.2) is 30.3 Å². The maximum atomic E-state index is 12.6. The van der Waals surface area contributed by atoms with Gasteiger partial charge in [-0.1, -0.05) is 12.1 Å². The molecular weight excluding hydrogens is 283 g/mol. The number of alkyl halides is 3. The van der Waals surface area contributed by atoms with Crippen molar-refractivity contribution in [3.05, 3.63) is 47.3 Å². The van der Waals surface area contributed by atoms with Crippen LogP contribution in [0.25, 0.3) is 0 Å². The van der Waals surface area contributed by atoms with E-state index in [1.807, 2.05) is 6.07 Å². The first kappa shape index (κ1) is 14.6. The van der Waals surface area contributed by atoms with Gasteiger partial charge in [-0.3, -0.25) is 0 Å². The minimum Gasteiger partial charge on any atom is -0.384 e. The second-order valence-corrected chi connectivity index (χ2v) is 4.16. The van der Waals surface area contributed by atoms with Gasteiger partial charge in [-0.2, -0.15) is 18.4 Å². The van der Waals surface area contributed by atoms with Gasteiger partial charge in [0.1, 0.15) is 11.6 Å². The lowest BCUT2D eigenvalue weighted by Gasteiger charge is -2.10. The number of halogens is 3. The lowest BCUT2D eigenvalue weighted by Crippen LogP contribution is -2.14. The van der Waals surface area contributed by atoms with Crippen molar-refractivity contribution in [1.82, 2.24) is 9.97 Å². The van der Waals surface area contributed by atoms with Crippen LogP contribution < -0.4 is 11.1 Å². The second kappa shape index (κ2) is 5.66. The van der Waals surface area contributed by atoms with E-state index in [9.17, 15) is 13.2 Å². The Morgan fingerprint density at radius 1 is 1.19 bits per heavy atom. The average molecular weight is 293 g/mol. The molecule has 0 bridgehead atoms. The van der Waals surface area contributed by atoms with Crippen LogP contribution in [0.2, 0.25) is 0 Å². The van der Waals surface area contributed by atoms with Crippen LogP contribution in [0.5, 0.6) is 0 Å². The summed E-state index contributed by atoms with van der Waals surface area (Å²) in [6, 6.07) is 9.82. The Balaban J connectivity index is 2.12. The Kier molecular flexibility index (Phi) is 3.93. The van der Waals surface area contributed by atoms with Crippen LogP contribution in [0.3, 0.4) is 0 Å². The molecule has 0 fully saturated rings. The molecule has 0 atom stereocenters. The Hall–Kier alpha value is -2.82. The SMILES string of the molecule is N#Cc1ccc(CNc2cc(N)nc(C(F)(F)F)n2)cc1. The standard InChI is InChI=1S/C13H10F3N5/c14-13(15,16)12-20-10(18)5-11(21-12)19-7-9-3-1-8(6-17)2-4-9/h1-5H,7H2,(H3,18,19,20,21). The van der Waals surface area contributed by atoms with Gasteiger partial charge in [-0.15, -0.1) is 0 Å². The number of rotatable bonds is 3. The molecule has 2 aromatic rings. The fraction of sp³-hybridized carbons (Fsp3) is 0.154. The molecule has 0 saturated carbocycles. The van der Waals surface area contributed by atoms with Crippen LogP contribution in [0, 0.1) is 11.3 Å². The van der Waals surface area contributed by atoms with Crippen LogP contribution in [0.1, 0.15) is 17.0 Å². The number of nitrogens with one attached hydrogen (secondary N) is 1. The predicted octanol–water partition coefficient (Wildman–Crippen LogP) is 2.56. The zero-order chi connectivity index (χ0) is 15.5. The zero-order valence-corrected chi connectivity index (χ0v) is 10.6. The third kappa shape index (κ3) is 3.82. The molecule has 1 aromatic heterocycles. The van der Waals surface area contributed by atoms with Crippen molar-refractivity contribution in [2.75, 3.05) is 11.1 Å². The summed E-state index contributed by atoms with van der Waals surface area (Å²) in [5, 5.41) is 11.4. The lowest BCUT2D eigenvalue weighted by molar-refractivity contribution is -0.144. The van der Waals surface area contributed by atoms with Crippen molar-refractivity contribution in [1.29, 1.82) is 5.26 Å². The second-order valence-electron chi connectivity index (χ2n) is 4.16. The van der Waals surface area contributed by atoms with Crippen LogP contribution in [-0.4, -0.2) is 9.97 Å². The molecule has 1 heterocycles. The van der Waals surface area contributed by atoms with E-state index < -0.39 is 12.0 Å². The Morgan fingerprint density at radius 3 is 2.43 bits per heavy atom. The topological polar surface area (TPSA) is 87.6 Å². The molecule has 108 valence electrons. The molecule has 0 aliphatic heterocycles. The molecule has 0 aliphatic carbocycles. The lowest BCUT2D eigenvalue weighted by atomic mass is 10.1. The largest absolute Gasteiger partial charge is 0.451 e. The molecule has 0 radical (unpaired) electrons. The minimum atomic E-state index is -4.65. The molecule has 8 heteroatoms. The molecule has 5 nitrogen and oxygen atoms in total. The highest BCUT2D eigenvalue weighted by Gasteiger charge is 2.35. The molecule has 1 aromatic carbocycles. The van der Waals surface area contributed by atoms with E-state index in [1.54, 1.807) is 24.3 Å². The van der Waals surface area contributed by atoms with Gasteiger partial charge in [-0.05, 0) is 17.7 Å². The van der Waals surface area contributed by atoms with Crippen molar-refractivity contribution in [3.63, 3.8) is 0 Å². The summed E-state index contributed by atoms with van der Waals surface area (Å²) in [5.41, 5.74) is 6.63. The number of nitrogen functional groups attached to an aromatic ring is 1. The number of nitrogens with two attached hydrogens (primary N) is 1. The number of benzene rings is 1. The summed E-state index contributed by atoms with van der Waals surface area (Å²) >= 11 is 0. The number of nitrogens with zero attached hydrogens (tertiary/aromatic N) is 3. The Bertz CT molecular complexity index is 674. The van der Waals surface area contributed by atoms with E-state index in [1.165, 1.54) is 6.07 Å². The maximum absolute atomic E-state index is 12.6. The van der Waals surface area contributed by atoms with Crippen molar-refractivity contribution < 1.29 is 13.2 Å². The zero-order valence-electron chi connectivity index (χ0n) is 10.6. The highest BCUT2D eigenvalue weighted by atomic mass is 19.4. The monoisotopic (exact) mass is 293 g/mol. The van der Waals surface area contributed by atoms with Gasteiger partial charge in [0.05, 0.1) is 11.6 Å². The van der Waals surface area contributed by atoms with Gasteiger partial charge in [0.2, 0.25) is 5.82 Å². The number of hydrogen-bond donors (Lipinski definition) is 2. The number of hydrogen-bond acceptors (Lipinski definition) is 5. The number of aromatic nitrogens is 2. The summed E-state index contributed by atoms with van der Waals surface area (Å²) < 4.78 is 37.7. The summed E-state index contributed by atoms with van der Waals surface area (Å²) in [6.45, 7) is 0.249. The van der Waals surface area contributed by atoms with E-state index in [0.717, 1.165) is 5.56 Å². The van der Waals surface area contributed by atoms with E-state index in [0.29, 0.717) is 5.56 Å². The predicted molar refractivity (Wildman–Crippen MR) is 69.9 cm³/mol. The van der Waals surface area contributed by atoms with Crippen molar-refractivity contribution in [2.24, 2.45) is 0 Å². The van der Waals surface area contributed by atoms with E-state index >= 15 is 0 Å². The van der Waals surface area contributed by atoms with E-state index in [2.05, 4.69) is 15.3 Å². The highest BCUT2D eigenvalue weighted by Crippen LogP contribution is 2.27.